The van der Waals surface area contributed by atoms with E-state index in [-0.39, 0.29) is 17.7 Å². The lowest BCUT2D eigenvalue weighted by molar-refractivity contribution is -0.165. The fraction of sp³-hybridized carbons (Fsp3) is 0.367. The molecule has 0 aliphatic carbocycles. The third kappa shape index (κ3) is 5.83. The van der Waals surface area contributed by atoms with Gasteiger partial charge in [0.1, 0.15) is 21.6 Å². The fourth-order valence-electron chi connectivity index (χ4n) is 5.62. The third-order valence-corrected chi connectivity index (χ3v) is 9.30. The molecule has 3 atom stereocenters. The summed E-state index contributed by atoms with van der Waals surface area (Å²) in [5.41, 5.74) is 4.25. The van der Waals surface area contributed by atoms with E-state index < -0.39 is 22.1 Å². The second-order valence-corrected chi connectivity index (χ2v) is 13.6. The molecule has 1 aliphatic heterocycles. The summed E-state index contributed by atoms with van der Waals surface area (Å²) < 4.78 is 72.3. The number of aromatic nitrogens is 7. The number of ether oxygens (including phenoxy) is 1. The average molecular weight is 641 g/mol. The largest absolute Gasteiger partial charge is 0.496 e. The van der Waals surface area contributed by atoms with Gasteiger partial charge in [0.15, 0.2) is 5.82 Å². The van der Waals surface area contributed by atoms with Gasteiger partial charge < -0.3 is 9.64 Å². The Kier molecular flexibility index (Phi) is 7.54. The Labute approximate surface area is 257 Å². The lowest BCUT2D eigenvalue weighted by Gasteiger charge is -2.48. The number of fused-ring (bicyclic) bond motifs is 1. The highest BCUT2D eigenvalue weighted by Crippen LogP contribution is 2.37. The molecule has 45 heavy (non-hydrogen) atoms. The first-order valence-corrected chi connectivity index (χ1v) is 16.2. The van der Waals surface area contributed by atoms with Crippen molar-refractivity contribution in [2.45, 2.75) is 39.0 Å². The van der Waals surface area contributed by atoms with Gasteiger partial charge in [-0.05, 0) is 39.0 Å². The number of methoxy groups -OCH3 is 1. The minimum absolute atomic E-state index is 0.0632. The molecule has 15 heteroatoms. The van der Waals surface area contributed by atoms with Crippen molar-refractivity contribution in [2.24, 2.45) is 5.92 Å². The van der Waals surface area contributed by atoms with Crippen molar-refractivity contribution in [2.75, 3.05) is 30.6 Å². The second-order valence-electron chi connectivity index (χ2n) is 11.4. The zero-order valence-electron chi connectivity index (χ0n) is 25.2. The average Bonchev–Trinajstić information content (AvgIpc) is 3.65. The van der Waals surface area contributed by atoms with Crippen LogP contribution in [0.2, 0.25) is 0 Å². The lowest BCUT2D eigenvalue weighted by Crippen LogP contribution is -2.57. The number of hydrogen-bond donors (Lipinski definition) is 0. The summed E-state index contributed by atoms with van der Waals surface area (Å²) in [6.45, 7) is 5.36. The molecule has 236 valence electrons. The third-order valence-electron chi connectivity index (χ3n) is 8.27. The summed E-state index contributed by atoms with van der Waals surface area (Å²) in [7, 11) is -1.60. The molecule has 0 aromatic carbocycles. The molecule has 6 heterocycles. The lowest BCUT2D eigenvalue weighted by atomic mass is 9.91. The van der Waals surface area contributed by atoms with Crippen LogP contribution in [0, 0.1) is 12.8 Å². The van der Waals surface area contributed by atoms with Crippen molar-refractivity contribution >= 4 is 26.4 Å². The van der Waals surface area contributed by atoms with E-state index in [1.165, 1.54) is 18.6 Å². The van der Waals surface area contributed by atoms with E-state index in [2.05, 4.69) is 20.1 Å². The highest BCUT2D eigenvalue weighted by Gasteiger charge is 2.39. The molecule has 1 saturated heterocycles. The number of pyridine rings is 3. The Morgan fingerprint density at radius 2 is 1.87 bits per heavy atom. The topological polar surface area (TPSA) is 121 Å². The summed E-state index contributed by atoms with van der Waals surface area (Å²) >= 11 is 0. The molecule has 0 saturated carbocycles. The van der Waals surface area contributed by atoms with E-state index in [9.17, 15) is 21.6 Å². The molecule has 0 amide bonds. The van der Waals surface area contributed by atoms with E-state index >= 15 is 0 Å². The first-order valence-electron chi connectivity index (χ1n) is 14.2. The van der Waals surface area contributed by atoms with Crippen LogP contribution in [0.15, 0.2) is 55.2 Å². The Hall–Kier alpha value is -4.53. The molecular formula is C30H31F3N8O3S. The van der Waals surface area contributed by atoms with Crippen LogP contribution in [0.3, 0.4) is 0 Å². The van der Waals surface area contributed by atoms with Gasteiger partial charge in [-0.1, -0.05) is 0 Å². The van der Waals surface area contributed by atoms with E-state index in [4.69, 9.17) is 14.7 Å². The first kappa shape index (κ1) is 30.5. The van der Waals surface area contributed by atoms with Crippen LogP contribution in [-0.2, 0) is 9.84 Å². The smallest absolute Gasteiger partial charge is 0.410 e. The highest BCUT2D eigenvalue weighted by molar-refractivity contribution is 7.90. The van der Waals surface area contributed by atoms with Crippen molar-refractivity contribution in [3.8, 4) is 34.1 Å². The number of nitrogens with zero attached hydrogens (tertiary/aromatic N) is 8. The van der Waals surface area contributed by atoms with Crippen molar-refractivity contribution in [1.29, 1.82) is 0 Å². The van der Waals surface area contributed by atoms with Crippen molar-refractivity contribution in [3.05, 3.63) is 60.9 Å². The molecule has 11 nitrogen and oxygen atoms in total. The van der Waals surface area contributed by atoms with Gasteiger partial charge in [0.25, 0.3) is 0 Å². The molecule has 1 unspecified atom stereocenters. The number of halogens is 3. The number of aryl methyl sites for hydroxylation is 1. The van der Waals surface area contributed by atoms with Crippen molar-refractivity contribution in [3.63, 3.8) is 0 Å². The number of alkyl halides is 3. The summed E-state index contributed by atoms with van der Waals surface area (Å²) in [5.74, 6) is 1.02. The van der Waals surface area contributed by atoms with Crippen LogP contribution in [0.1, 0.15) is 25.6 Å². The number of hydrogen-bond acceptors (Lipinski definition) is 9. The highest BCUT2D eigenvalue weighted by atomic mass is 32.2. The standard InChI is InChI=1S/C30H31F3N8O3S/c1-17-23-13-36-41(27(23)10-26(37-17)24-12-34-7-6-28(24)44-4)29-9-22(39-14-21(18(39)2)16-45(5,42)43)8-25(38-29)20-11-35-40(15-20)19(3)30(31,32)33/h6-13,15,18-19,21H,14,16H2,1-5H3/t18-,19?,21-/m1/s1. The molecule has 6 rings (SSSR count). The van der Waals surface area contributed by atoms with Crippen LogP contribution in [0.4, 0.5) is 18.9 Å². The van der Waals surface area contributed by atoms with Gasteiger partial charge in [-0.15, -0.1) is 0 Å². The van der Waals surface area contributed by atoms with E-state index in [0.717, 1.165) is 28.4 Å². The number of sulfone groups is 1. The minimum atomic E-state index is -4.47. The zero-order valence-corrected chi connectivity index (χ0v) is 26.0. The predicted octanol–water partition coefficient (Wildman–Crippen LogP) is 5.05. The van der Waals surface area contributed by atoms with Crippen molar-refractivity contribution in [1.82, 2.24) is 34.5 Å². The van der Waals surface area contributed by atoms with Crippen LogP contribution in [-0.4, -0.2) is 80.8 Å². The normalized spacial score (nSPS) is 17.8. The summed E-state index contributed by atoms with van der Waals surface area (Å²) in [6.07, 6.45) is 4.41. The number of anilines is 1. The zero-order chi connectivity index (χ0) is 32.3. The molecule has 0 N–H and O–H groups in total. The molecule has 5 aromatic heterocycles. The van der Waals surface area contributed by atoms with Gasteiger partial charge in [-0.25, -0.2) is 18.1 Å². The fourth-order valence-corrected chi connectivity index (χ4v) is 6.78. The van der Waals surface area contributed by atoms with Gasteiger partial charge in [0.05, 0.1) is 47.7 Å². The van der Waals surface area contributed by atoms with Gasteiger partial charge in [0.2, 0.25) is 0 Å². The number of rotatable bonds is 8. The predicted molar refractivity (Wildman–Crippen MR) is 163 cm³/mol. The van der Waals surface area contributed by atoms with E-state index in [1.54, 1.807) is 42.5 Å². The molecule has 0 bridgehead atoms. The summed E-state index contributed by atoms with van der Waals surface area (Å²) in [4.78, 5) is 15.9. The maximum Gasteiger partial charge on any atom is 0.410 e. The first-order chi connectivity index (χ1) is 21.2. The van der Waals surface area contributed by atoms with E-state index in [0.29, 0.717) is 46.1 Å². The van der Waals surface area contributed by atoms with Crippen LogP contribution >= 0.6 is 0 Å². The maximum absolute atomic E-state index is 13.4. The molecule has 5 aromatic rings. The SMILES string of the molecule is COc1ccncc1-c1cc2c(cnn2-c2cc(N3C[C@H](CS(C)(=O)=O)[C@H]3C)cc(-c3cnn(C(C)C(F)(F)F)c3)n2)c(C)n1. The second kappa shape index (κ2) is 11.1. The molecule has 0 radical (unpaired) electrons. The Morgan fingerprint density at radius 3 is 2.56 bits per heavy atom. The van der Waals surface area contributed by atoms with Crippen LogP contribution < -0.4 is 9.64 Å². The monoisotopic (exact) mass is 640 g/mol. The summed E-state index contributed by atoms with van der Waals surface area (Å²) in [6, 6.07) is 5.30. The Bertz CT molecular complexity index is 2010. The Balaban J connectivity index is 1.48. The molecule has 1 fully saturated rings. The van der Waals surface area contributed by atoms with Gasteiger partial charge in [-0.3, -0.25) is 14.6 Å². The van der Waals surface area contributed by atoms with Crippen molar-refractivity contribution < 1.29 is 26.3 Å². The summed E-state index contributed by atoms with van der Waals surface area (Å²) in [5, 5.41) is 9.39. The molecule has 0 spiro atoms. The van der Waals surface area contributed by atoms with Crippen LogP contribution in [0.25, 0.3) is 39.2 Å². The van der Waals surface area contributed by atoms with Crippen LogP contribution in [0.5, 0.6) is 5.75 Å². The molecular weight excluding hydrogens is 609 g/mol. The quantitative estimate of drug-likeness (QED) is 0.229. The molecule has 1 aliphatic rings. The Morgan fingerprint density at radius 1 is 1.09 bits per heavy atom. The maximum atomic E-state index is 13.4. The van der Waals surface area contributed by atoms with E-state index in [1.807, 2.05) is 26.0 Å². The van der Waals surface area contributed by atoms with Gasteiger partial charge >= 0.3 is 6.18 Å². The van der Waals surface area contributed by atoms with Gasteiger partial charge in [-0.2, -0.15) is 23.4 Å². The minimum Gasteiger partial charge on any atom is -0.496 e. The van der Waals surface area contributed by atoms with Gasteiger partial charge in [0, 0.05) is 71.7 Å².